The van der Waals surface area contributed by atoms with Crippen molar-refractivity contribution >= 4 is 6.03 Å². The van der Waals surface area contributed by atoms with Crippen LogP contribution in [0.2, 0.25) is 0 Å². The zero-order valence-corrected chi connectivity index (χ0v) is 13.9. The van der Waals surface area contributed by atoms with Crippen LogP contribution < -0.4 is 10.6 Å². The number of rotatable bonds is 6. The molecule has 2 rings (SSSR count). The van der Waals surface area contributed by atoms with Gasteiger partial charge in [0.15, 0.2) is 0 Å². The molecule has 1 saturated heterocycles. The lowest BCUT2D eigenvalue weighted by Gasteiger charge is -2.32. The molecule has 5 nitrogen and oxygen atoms in total. The van der Waals surface area contributed by atoms with E-state index < -0.39 is 0 Å². The fraction of sp³-hybridized carbons (Fsp3) is 0.941. The van der Waals surface area contributed by atoms with Crippen LogP contribution in [0.25, 0.3) is 0 Å². The highest BCUT2D eigenvalue weighted by Gasteiger charge is 2.26. The van der Waals surface area contributed by atoms with E-state index in [1.54, 1.807) is 0 Å². The highest BCUT2D eigenvalue weighted by molar-refractivity contribution is 5.74. The van der Waals surface area contributed by atoms with E-state index in [1.165, 1.54) is 32.1 Å². The molecule has 0 bridgehead atoms. The molecule has 2 atom stereocenters. The molecular formula is C17H32N2O3. The second-order valence-corrected chi connectivity index (χ2v) is 6.87. The Kier molecular flexibility index (Phi) is 7.46. The molecule has 3 N–H and O–H groups in total. The number of ether oxygens (including phenoxy) is 1. The second-order valence-electron chi connectivity index (χ2n) is 6.87. The topological polar surface area (TPSA) is 70.6 Å². The zero-order chi connectivity index (χ0) is 15.8. The van der Waals surface area contributed by atoms with Crippen LogP contribution in [0.1, 0.15) is 58.3 Å². The molecule has 0 aromatic carbocycles. The van der Waals surface area contributed by atoms with E-state index in [0.29, 0.717) is 18.3 Å². The van der Waals surface area contributed by atoms with Gasteiger partial charge in [-0.2, -0.15) is 0 Å². The number of carbonyl (C=O) groups excluding carboxylic acids is 1. The van der Waals surface area contributed by atoms with Crippen molar-refractivity contribution in [3.8, 4) is 0 Å². The van der Waals surface area contributed by atoms with E-state index >= 15 is 0 Å². The molecule has 0 spiro atoms. The van der Waals surface area contributed by atoms with Crippen LogP contribution in [-0.2, 0) is 4.74 Å². The Balaban J connectivity index is 1.79. The Bertz CT molecular complexity index is 326. The Morgan fingerprint density at radius 1 is 1.09 bits per heavy atom. The number of hydrogen-bond acceptors (Lipinski definition) is 3. The maximum Gasteiger partial charge on any atom is 0.315 e. The summed E-state index contributed by atoms with van der Waals surface area (Å²) in [4.78, 5) is 12.3. The number of urea groups is 1. The Morgan fingerprint density at radius 3 is 2.41 bits per heavy atom. The molecule has 0 aromatic heterocycles. The molecule has 0 aromatic rings. The Morgan fingerprint density at radius 2 is 1.77 bits per heavy atom. The third-order valence-corrected chi connectivity index (χ3v) is 5.31. The van der Waals surface area contributed by atoms with Gasteiger partial charge in [0.25, 0.3) is 0 Å². The Labute approximate surface area is 134 Å². The van der Waals surface area contributed by atoms with Gasteiger partial charge in [-0.15, -0.1) is 0 Å². The molecule has 1 aliphatic heterocycles. The number of nitrogens with one attached hydrogen (secondary N) is 2. The van der Waals surface area contributed by atoms with Crippen molar-refractivity contribution in [2.24, 2.45) is 11.8 Å². The maximum absolute atomic E-state index is 12.3. The monoisotopic (exact) mass is 312 g/mol. The van der Waals surface area contributed by atoms with Gasteiger partial charge in [0, 0.05) is 31.9 Å². The van der Waals surface area contributed by atoms with Crippen LogP contribution in [0.4, 0.5) is 4.79 Å². The summed E-state index contributed by atoms with van der Waals surface area (Å²) in [6, 6.07) is 0.195. The van der Waals surface area contributed by atoms with Crippen molar-refractivity contribution in [1.29, 1.82) is 0 Å². The fourth-order valence-corrected chi connectivity index (χ4v) is 3.85. The highest BCUT2D eigenvalue weighted by Crippen LogP contribution is 2.27. The van der Waals surface area contributed by atoms with Crippen molar-refractivity contribution in [1.82, 2.24) is 10.6 Å². The maximum atomic E-state index is 12.3. The van der Waals surface area contributed by atoms with E-state index in [2.05, 4.69) is 17.6 Å². The lowest BCUT2D eigenvalue weighted by molar-refractivity contribution is 0.0569. The third-order valence-electron chi connectivity index (χ3n) is 5.31. The van der Waals surface area contributed by atoms with Gasteiger partial charge in [-0.05, 0) is 50.9 Å². The number of aliphatic hydroxyl groups is 1. The highest BCUT2D eigenvalue weighted by atomic mass is 16.5. The lowest BCUT2D eigenvalue weighted by Crippen LogP contribution is -2.50. The summed E-state index contributed by atoms with van der Waals surface area (Å²) in [7, 11) is 0. The SMILES string of the molecule is CC(NC(=O)NC(CCO)C1CCCCC1)C1CCOCC1. The predicted molar refractivity (Wildman–Crippen MR) is 86.7 cm³/mol. The van der Waals surface area contributed by atoms with Gasteiger partial charge in [0.05, 0.1) is 0 Å². The average molecular weight is 312 g/mol. The average Bonchev–Trinajstić information content (AvgIpc) is 2.56. The normalized spacial score (nSPS) is 23.7. The number of hydrogen-bond donors (Lipinski definition) is 3. The minimum atomic E-state index is -0.0805. The van der Waals surface area contributed by atoms with Crippen LogP contribution in [-0.4, -0.2) is 43.0 Å². The zero-order valence-electron chi connectivity index (χ0n) is 13.9. The molecule has 2 unspecified atom stereocenters. The molecule has 1 aliphatic carbocycles. The smallest absolute Gasteiger partial charge is 0.315 e. The van der Waals surface area contributed by atoms with E-state index in [9.17, 15) is 9.90 Å². The molecule has 2 aliphatic rings. The van der Waals surface area contributed by atoms with Gasteiger partial charge < -0.3 is 20.5 Å². The summed E-state index contributed by atoms with van der Waals surface area (Å²) in [6.45, 7) is 3.81. The summed E-state index contributed by atoms with van der Waals surface area (Å²) in [5, 5.41) is 15.5. The second kappa shape index (κ2) is 9.36. The molecule has 1 saturated carbocycles. The van der Waals surface area contributed by atoms with Gasteiger partial charge in [-0.25, -0.2) is 4.79 Å². The first kappa shape index (κ1) is 17.5. The van der Waals surface area contributed by atoms with E-state index in [4.69, 9.17) is 4.74 Å². The van der Waals surface area contributed by atoms with Crippen LogP contribution in [0.15, 0.2) is 0 Å². The summed E-state index contributed by atoms with van der Waals surface area (Å²) in [5.74, 6) is 1.02. The van der Waals surface area contributed by atoms with Crippen LogP contribution in [0.5, 0.6) is 0 Å². The summed E-state index contributed by atoms with van der Waals surface area (Å²) >= 11 is 0. The number of aliphatic hydroxyl groups excluding tert-OH is 1. The summed E-state index contributed by atoms with van der Waals surface area (Å²) in [5.41, 5.74) is 0. The van der Waals surface area contributed by atoms with Gasteiger partial charge >= 0.3 is 6.03 Å². The largest absolute Gasteiger partial charge is 0.396 e. The van der Waals surface area contributed by atoms with Gasteiger partial charge in [-0.1, -0.05) is 19.3 Å². The van der Waals surface area contributed by atoms with Gasteiger partial charge in [0.2, 0.25) is 0 Å². The third kappa shape index (κ3) is 5.43. The predicted octanol–water partition coefficient (Wildman–Crippen LogP) is 2.43. The number of amides is 2. The molecule has 0 radical (unpaired) electrons. The first-order valence-electron chi connectivity index (χ1n) is 8.96. The van der Waals surface area contributed by atoms with Crippen LogP contribution in [0.3, 0.4) is 0 Å². The van der Waals surface area contributed by atoms with Crippen molar-refractivity contribution in [3.63, 3.8) is 0 Å². The van der Waals surface area contributed by atoms with Crippen LogP contribution in [0, 0.1) is 11.8 Å². The van der Waals surface area contributed by atoms with Crippen molar-refractivity contribution in [3.05, 3.63) is 0 Å². The fourth-order valence-electron chi connectivity index (χ4n) is 3.85. The standard InChI is InChI=1S/C17H32N2O3/c1-13(14-8-11-22-12-9-14)18-17(21)19-16(7-10-20)15-5-3-2-4-6-15/h13-16,20H,2-12H2,1H3,(H2,18,19,21). The molecule has 2 fully saturated rings. The molecule has 22 heavy (non-hydrogen) atoms. The van der Waals surface area contributed by atoms with Crippen LogP contribution >= 0.6 is 0 Å². The molecular weight excluding hydrogens is 280 g/mol. The van der Waals surface area contributed by atoms with Gasteiger partial charge in [-0.3, -0.25) is 0 Å². The minimum absolute atomic E-state index is 0.0805. The quantitative estimate of drug-likeness (QED) is 0.705. The Hall–Kier alpha value is -0.810. The molecule has 2 amide bonds. The summed E-state index contributed by atoms with van der Waals surface area (Å²) in [6.07, 6.45) is 8.82. The molecule has 5 heteroatoms. The van der Waals surface area contributed by atoms with E-state index in [-0.39, 0.29) is 24.7 Å². The first-order valence-corrected chi connectivity index (χ1v) is 8.96. The van der Waals surface area contributed by atoms with Crippen molar-refractivity contribution in [2.45, 2.75) is 70.4 Å². The molecule has 128 valence electrons. The van der Waals surface area contributed by atoms with E-state index in [0.717, 1.165) is 26.1 Å². The van der Waals surface area contributed by atoms with Crippen molar-refractivity contribution < 1.29 is 14.6 Å². The minimum Gasteiger partial charge on any atom is -0.396 e. The lowest BCUT2D eigenvalue weighted by atomic mass is 9.83. The summed E-state index contributed by atoms with van der Waals surface area (Å²) < 4.78 is 5.37. The first-order chi connectivity index (χ1) is 10.7. The van der Waals surface area contributed by atoms with Crippen molar-refractivity contribution in [2.75, 3.05) is 19.8 Å². The number of carbonyl (C=O) groups is 1. The van der Waals surface area contributed by atoms with Gasteiger partial charge in [0.1, 0.15) is 0 Å². The van der Waals surface area contributed by atoms with E-state index in [1.807, 2.05) is 0 Å². The molecule has 1 heterocycles.